The van der Waals surface area contributed by atoms with Crippen molar-refractivity contribution in [3.05, 3.63) is 23.5 Å². The Morgan fingerprint density at radius 2 is 2.33 bits per heavy atom. The highest BCUT2D eigenvalue weighted by molar-refractivity contribution is 5.88. The van der Waals surface area contributed by atoms with Crippen LogP contribution < -0.4 is 0 Å². The fourth-order valence-electron chi connectivity index (χ4n) is 4.18. The van der Waals surface area contributed by atoms with Crippen molar-refractivity contribution in [2.45, 2.75) is 43.4 Å². The van der Waals surface area contributed by atoms with Gasteiger partial charge >= 0.3 is 5.97 Å². The summed E-state index contributed by atoms with van der Waals surface area (Å²) in [5, 5.41) is 0. The van der Waals surface area contributed by atoms with Gasteiger partial charge in [0, 0.05) is 18.1 Å². The highest BCUT2D eigenvalue weighted by Crippen LogP contribution is 2.53. The van der Waals surface area contributed by atoms with E-state index in [4.69, 9.17) is 9.47 Å². The van der Waals surface area contributed by atoms with E-state index in [1.807, 2.05) is 6.08 Å². The van der Waals surface area contributed by atoms with Gasteiger partial charge in [0.25, 0.3) is 0 Å². The molecular formula is C14H17NO3. The zero-order valence-electron chi connectivity index (χ0n) is 10.5. The molecule has 18 heavy (non-hydrogen) atoms. The Balaban J connectivity index is 1.85. The van der Waals surface area contributed by atoms with E-state index in [1.165, 1.54) is 12.8 Å². The monoisotopic (exact) mass is 247 g/mol. The van der Waals surface area contributed by atoms with Crippen molar-refractivity contribution in [3.63, 3.8) is 0 Å². The van der Waals surface area contributed by atoms with Gasteiger partial charge in [-0.15, -0.1) is 0 Å². The van der Waals surface area contributed by atoms with Gasteiger partial charge in [-0.25, -0.2) is 4.79 Å². The van der Waals surface area contributed by atoms with Gasteiger partial charge in [-0.2, -0.15) is 0 Å². The van der Waals surface area contributed by atoms with Crippen molar-refractivity contribution in [1.29, 1.82) is 0 Å². The Morgan fingerprint density at radius 3 is 3.17 bits per heavy atom. The van der Waals surface area contributed by atoms with E-state index < -0.39 is 0 Å². The molecule has 3 aliphatic heterocycles. The molecule has 4 aliphatic rings. The second-order valence-corrected chi connectivity index (χ2v) is 5.63. The van der Waals surface area contributed by atoms with Crippen LogP contribution in [0.2, 0.25) is 0 Å². The van der Waals surface area contributed by atoms with Crippen molar-refractivity contribution in [1.82, 2.24) is 4.90 Å². The summed E-state index contributed by atoms with van der Waals surface area (Å²) >= 11 is 0. The van der Waals surface area contributed by atoms with E-state index in [0.717, 1.165) is 30.7 Å². The molecule has 3 heterocycles. The number of carbonyl (C=O) groups excluding carboxylic acids is 1. The second kappa shape index (κ2) is 3.38. The van der Waals surface area contributed by atoms with Gasteiger partial charge in [-0.1, -0.05) is 6.42 Å². The predicted molar refractivity (Wildman–Crippen MR) is 64.7 cm³/mol. The Morgan fingerprint density at radius 1 is 1.44 bits per heavy atom. The Kier molecular flexibility index (Phi) is 1.99. The molecule has 0 aromatic heterocycles. The standard InChI is InChI=1S/C14H17NO3/c1-17-11-6-9-7-13(16)18-14(9)8-10(11)15-5-3-2-4-12(14)15/h6-7,10,12H,2-5,8H2,1H3/t10-,12+,14-/m0/s1. The second-order valence-electron chi connectivity index (χ2n) is 5.63. The zero-order chi connectivity index (χ0) is 12.3. The molecule has 3 atom stereocenters. The van der Waals surface area contributed by atoms with Crippen LogP contribution in [0.3, 0.4) is 0 Å². The van der Waals surface area contributed by atoms with Crippen molar-refractivity contribution in [3.8, 4) is 0 Å². The Bertz CT molecular complexity index is 481. The van der Waals surface area contributed by atoms with Crippen LogP contribution in [0, 0.1) is 0 Å². The number of carbonyl (C=O) groups is 1. The summed E-state index contributed by atoms with van der Waals surface area (Å²) in [5.74, 6) is 0.796. The molecule has 1 aliphatic carbocycles. The van der Waals surface area contributed by atoms with E-state index in [2.05, 4.69) is 4.90 Å². The molecule has 0 amide bonds. The topological polar surface area (TPSA) is 38.8 Å². The van der Waals surface area contributed by atoms with Crippen LogP contribution in [-0.4, -0.2) is 42.2 Å². The van der Waals surface area contributed by atoms with E-state index in [1.54, 1.807) is 13.2 Å². The van der Waals surface area contributed by atoms with Crippen molar-refractivity contribution in [2.75, 3.05) is 13.7 Å². The predicted octanol–water partition coefficient (Wildman–Crippen LogP) is 1.38. The Hall–Kier alpha value is -1.29. The number of ether oxygens (including phenoxy) is 2. The lowest BCUT2D eigenvalue weighted by Gasteiger charge is -2.37. The maximum absolute atomic E-state index is 11.7. The lowest BCUT2D eigenvalue weighted by atomic mass is 9.80. The number of methoxy groups -OCH3 is 1. The van der Waals surface area contributed by atoms with Gasteiger partial charge in [0.15, 0.2) is 5.60 Å². The van der Waals surface area contributed by atoms with Gasteiger partial charge in [0.05, 0.1) is 19.2 Å². The number of esters is 1. The van der Waals surface area contributed by atoms with Gasteiger partial charge in [-0.3, -0.25) is 4.90 Å². The van der Waals surface area contributed by atoms with Crippen LogP contribution in [0.4, 0.5) is 0 Å². The smallest absolute Gasteiger partial charge is 0.332 e. The van der Waals surface area contributed by atoms with Crippen LogP contribution in [0.25, 0.3) is 0 Å². The first-order chi connectivity index (χ1) is 8.74. The third-order valence-corrected chi connectivity index (χ3v) is 4.89. The molecule has 4 rings (SSSR count). The third kappa shape index (κ3) is 1.12. The van der Waals surface area contributed by atoms with Gasteiger partial charge in [-0.05, 0) is 25.5 Å². The van der Waals surface area contributed by atoms with E-state index in [-0.39, 0.29) is 11.6 Å². The molecule has 0 aromatic rings. The Labute approximate surface area is 106 Å². The highest BCUT2D eigenvalue weighted by atomic mass is 16.6. The minimum atomic E-state index is -0.371. The van der Waals surface area contributed by atoms with Crippen molar-refractivity contribution in [2.24, 2.45) is 0 Å². The first-order valence-electron chi connectivity index (χ1n) is 6.71. The van der Waals surface area contributed by atoms with E-state index in [9.17, 15) is 4.79 Å². The number of fused-ring (bicyclic) bond motifs is 3. The van der Waals surface area contributed by atoms with Crippen molar-refractivity contribution < 1.29 is 14.3 Å². The van der Waals surface area contributed by atoms with Crippen LogP contribution in [0.1, 0.15) is 25.7 Å². The molecule has 0 saturated carbocycles. The minimum Gasteiger partial charge on any atom is -0.499 e. The maximum atomic E-state index is 11.7. The number of piperidine rings is 1. The molecule has 0 unspecified atom stereocenters. The molecular weight excluding hydrogens is 230 g/mol. The largest absolute Gasteiger partial charge is 0.499 e. The van der Waals surface area contributed by atoms with Crippen LogP contribution in [0.15, 0.2) is 23.5 Å². The van der Waals surface area contributed by atoms with Crippen LogP contribution in [0.5, 0.6) is 0 Å². The van der Waals surface area contributed by atoms with Gasteiger partial charge in [0.1, 0.15) is 5.76 Å². The minimum absolute atomic E-state index is 0.190. The fourth-order valence-corrected chi connectivity index (χ4v) is 4.18. The van der Waals surface area contributed by atoms with Gasteiger partial charge < -0.3 is 9.47 Å². The van der Waals surface area contributed by atoms with Crippen LogP contribution >= 0.6 is 0 Å². The number of nitrogens with zero attached hydrogens (tertiary/aromatic N) is 1. The molecule has 4 heteroatoms. The fraction of sp³-hybridized carbons (Fsp3) is 0.643. The lowest BCUT2D eigenvalue weighted by Crippen LogP contribution is -2.48. The summed E-state index contributed by atoms with van der Waals surface area (Å²) in [6, 6.07) is 0.640. The first-order valence-corrected chi connectivity index (χ1v) is 6.71. The third-order valence-electron chi connectivity index (χ3n) is 4.89. The molecule has 0 N–H and O–H groups in total. The first kappa shape index (κ1) is 10.6. The molecule has 0 radical (unpaired) electrons. The van der Waals surface area contributed by atoms with Crippen LogP contribution in [-0.2, 0) is 14.3 Å². The molecule has 2 bridgehead atoms. The maximum Gasteiger partial charge on any atom is 0.332 e. The summed E-state index contributed by atoms with van der Waals surface area (Å²) < 4.78 is 11.3. The molecule has 0 aromatic carbocycles. The molecule has 2 fully saturated rings. The summed E-state index contributed by atoms with van der Waals surface area (Å²) in [4.78, 5) is 14.2. The van der Waals surface area contributed by atoms with E-state index >= 15 is 0 Å². The summed E-state index contributed by atoms with van der Waals surface area (Å²) in [6.45, 7) is 1.09. The average Bonchev–Trinajstić information content (AvgIpc) is 2.86. The number of hydrogen-bond acceptors (Lipinski definition) is 4. The summed E-state index contributed by atoms with van der Waals surface area (Å²) in [5.41, 5.74) is 0.652. The molecule has 4 nitrogen and oxygen atoms in total. The zero-order valence-corrected chi connectivity index (χ0v) is 10.5. The van der Waals surface area contributed by atoms with Gasteiger partial charge in [0.2, 0.25) is 0 Å². The quantitative estimate of drug-likeness (QED) is 0.656. The molecule has 2 saturated heterocycles. The summed E-state index contributed by atoms with van der Waals surface area (Å²) in [6.07, 6.45) is 8.11. The number of rotatable bonds is 1. The van der Waals surface area contributed by atoms with Crippen molar-refractivity contribution >= 4 is 5.97 Å². The summed E-state index contributed by atoms with van der Waals surface area (Å²) in [7, 11) is 1.72. The van der Waals surface area contributed by atoms with E-state index in [0.29, 0.717) is 12.1 Å². The normalized spacial score (nSPS) is 41.7. The highest BCUT2D eigenvalue weighted by Gasteiger charge is 2.62. The average molecular weight is 247 g/mol. The number of hydrogen-bond donors (Lipinski definition) is 0. The lowest BCUT2D eigenvalue weighted by molar-refractivity contribution is -0.148. The molecule has 1 spiro atoms. The SMILES string of the molecule is COC1=CC2=CC(=O)O[C@@]23C[C@@H]1N1CCCC[C@@H]13. The molecule has 96 valence electrons.